The molecular weight excluding hydrogens is 620 g/mol. The summed E-state index contributed by atoms with van der Waals surface area (Å²) in [6.07, 6.45) is 14.8. The zero-order valence-corrected chi connectivity index (χ0v) is 28.6. The number of ether oxygens (including phenoxy) is 1. The van der Waals surface area contributed by atoms with Crippen LogP contribution in [0.15, 0.2) is 61.2 Å². The Balaban J connectivity index is 1.42. The van der Waals surface area contributed by atoms with Crippen molar-refractivity contribution in [3.63, 3.8) is 0 Å². The number of fused-ring (bicyclic) bond motifs is 2. The predicted molar refractivity (Wildman–Crippen MR) is 186 cm³/mol. The molecule has 2 aliphatic carbocycles. The summed E-state index contributed by atoms with van der Waals surface area (Å²) in [6, 6.07) is 11.1. The molecule has 2 fully saturated rings. The Bertz CT molecular complexity index is 1510. The second kappa shape index (κ2) is 15.9. The fraction of sp³-hybridized carbons (Fsp3) is 0.541. The molecule has 0 unspecified atom stereocenters. The highest BCUT2D eigenvalue weighted by atomic mass is 35.5. The van der Waals surface area contributed by atoms with Crippen molar-refractivity contribution in [2.45, 2.75) is 95.5 Å². The Kier molecular flexibility index (Phi) is 11.9. The van der Waals surface area contributed by atoms with Crippen molar-refractivity contribution < 1.29 is 23.1 Å². The van der Waals surface area contributed by atoms with Gasteiger partial charge in [-0.3, -0.25) is 4.79 Å². The SMILES string of the molecule is C=CCC[C@@H](C1CC1)S(=O)(=O)NC(=O)c1ccc2c(c1)N(C[C@@H]1CC[C@H]1[C@@H](O)/C=C/CCC)CCCCc1cc(Cl)ccc1CO2. The maximum Gasteiger partial charge on any atom is 0.264 e. The van der Waals surface area contributed by atoms with Crippen molar-refractivity contribution in [2.75, 3.05) is 18.0 Å². The summed E-state index contributed by atoms with van der Waals surface area (Å²) in [4.78, 5) is 15.8. The maximum absolute atomic E-state index is 13.5. The second-order valence-electron chi connectivity index (χ2n) is 13.2. The van der Waals surface area contributed by atoms with Crippen LogP contribution in [0.4, 0.5) is 5.69 Å². The van der Waals surface area contributed by atoms with E-state index < -0.39 is 27.3 Å². The average molecular weight is 669 g/mol. The van der Waals surface area contributed by atoms with Gasteiger partial charge in [0.1, 0.15) is 12.4 Å². The van der Waals surface area contributed by atoms with Crippen LogP contribution in [0.5, 0.6) is 5.75 Å². The number of amides is 1. The maximum atomic E-state index is 13.5. The number of hydrogen-bond donors (Lipinski definition) is 2. The van der Waals surface area contributed by atoms with Crippen LogP contribution >= 0.6 is 11.6 Å². The first-order chi connectivity index (χ1) is 22.2. The van der Waals surface area contributed by atoms with Gasteiger partial charge >= 0.3 is 0 Å². The van der Waals surface area contributed by atoms with E-state index in [2.05, 4.69) is 29.2 Å². The molecule has 2 aromatic rings. The lowest BCUT2D eigenvalue weighted by Crippen LogP contribution is -2.43. The molecule has 1 amide bonds. The number of nitrogens with one attached hydrogen (secondary N) is 1. The molecule has 5 rings (SSSR count). The first-order valence-corrected chi connectivity index (χ1v) is 18.9. The molecular formula is C37H49ClN2O5S. The zero-order chi connectivity index (χ0) is 32.7. The van der Waals surface area contributed by atoms with Crippen molar-refractivity contribution in [1.29, 1.82) is 0 Å². The largest absolute Gasteiger partial charge is 0.487 e. The minimum Gasteiger partial charge on any atom is -0.487 e. The standard InChI is InChI=1S/C37H49ClN2O5S/c1-3-5-7-11-34(41)32-19-16-29(32)24-40-21-9-8-10-27-22-31(38)18-15-30(27)25-45-35-20-17-28(23-33(35)40)37(42)39-46(43,44)36(12-6-4-2)26-13-14-26/h4,7,11,15,17-18,20,22-23,26,29,32,34,36,41H,2-3,5-6,8-10,12-14,16,19,21,24-25H2,1H3,(H,39,42)/b11-7+/t29-,32+,34-,36-/m0/s1. The number of halogens is 1. The Morgan fingerprint density at radius 1 is 1.13 bits per heavy atom. The number of carbonyl (C=O) groups is 1. The van der Waals surface area contributed by atoms with Crippen molar-refractivity contribution in [1.82, 2.24) is 4.72 Å². The summed E-state index contributed by atoms with van der Waals surface area (Å²) in [5.74, 6) is 0.565. The normalized spacial score (nSPS) is 21.6. The molecule has 3 aliphatic rings. The highest BCUT2D eigenvalue weighted by Gasteiger charge is 2.40. The monoisotopic (exact) mass is 668 g/mol. The van der Waals surface area contributed by atoms with Crippen molar-refractivity contribution >= 4 is 33.2 Å². The molecule has 0 radical (unpaired) electrons. The van der Waals surface area contributed by atoms with Crippen LogP contribution in [0.2, 0.25) is 5.02 Å². The number of allylic oxidation sites excluding steroid dienone is 2. The number of aryl methyl sites for hydroxylation is 1. The van der Waals surface area contributed by atoms with Crippen LogP contribution in [0, 0.1) is 17.8 Å². The number of carbonyl (C=O) groups excluding carboxylic acids is 1. The third-order valence-electron chi connectivity index (χ3n) is 9.83. The number of sulfonamides is 1. The first-order valence-electron chi connectivity index (χ1n) is 17.0. The summed E-state index contributed by atoms with van der Waals surface area (Å²) in [5.41, 5.74) is 3.30. The van der Waals surface area contributed by atoms with Gasteiger partial charge in [0.05, 0.1) is 17.0 Å². The number of nitrogens with zero attached hydrogens (tertiary/aromatic N) is 1. The van der Waals surface area contributed by atoms with E-state index in [0.29, 0.717) is 36.8 Å². The second-order valence-corrected chi connectivity index (χ2v) is 15.6. The molecule has 0 aromatic heterocycles. The average Bonchev–Trinajstić information content (AvgIpc) is 3.85. The lowest BCUT2D eigenvalue weighted by molar-refractivity contribution is 0.0461. The summed E-state index contributed by atoms with van der Waals surface area (Å²) in [5, 5.41) is 11.0. The molecule has 0 saturated heterocycles. The molecule has 1 aliphatic heterocycles. The van der Waals surface area contributed by atoms with Gasteiger partial charge in [-0.25, -0.2) is 13.1 Å². The van der Waals surface area contributed by atoms with Gasteiger partial charge in [0.25, 0.3) is 5.91 Å². The van der Waals surface area contributed by atoms with E-state index >= 15 is 0 Å². The molecule has 4 atom stereocenters. The Labute approximate surface area is 280 Å². The summed E-state index contributed by atoms with van der Waals surface area (Å²) >= 11 is 6.34. The minimum atomic E-state index is -3.86. The van der Waals surface area contributed by atoms with Crippen LogP contribution in [-0.4, -0.2) is 43.9 Å². The van der Waals surface area contributed by atoms with Crippen LogP contribution in [-0.2, 0) is 23.1 Å². The van der Waals surface area contributed by atoms with Gasteiger partial charge in [-0.1, -0.05) is 49.2 Å². The predicted octanol–water partition coefficient (Wildman–Crippen LogP) is 7.61. The molecule has 2 aromatic carbocycles. The van der Waals surface area contributed by atoms with E-state index in [-0.39, 0.29) is 23.3 Å². The van der Waals surface area contributed by atoms with Gasteiger partial charge in [0, 0.05) is 23.7 Å². The third-order valence-corrected chi connectivity index (χ3v) is 12.0. The molecule has 2 saturated carbocycles. The Morgan fingerprint density at radius 2 is 1.96 bits per heavy atom. The molecule has 0 bridgehead atoms. The highest BCUT2D eigenvalue weighted by Crippen LogP contribution is 2.41. The summed E-state index contributed by atoms with van der Waals surface area (Å²) in [6.45, 7) is 7.68. The highest BCUT2D eigenvalue weighted by molar-refractivity contribution is 7.90. The van der Waals surface area contributed by atoms with E-state index in [4.69, 9.17) is 16.3 Å². The van der Waals surface area contributed by atoms with Crippen LogP contribution in [0.25, 0.3) is 0 Å². The van der Waals surface area contributed by atoms with Gasteiger partial charge in [-0.15, -0.1) is 6.58 Å². The molecule has 1 heterocycles. The first kappa shape index (κ1) is 34.5. The number of unbranched alkanes of at least 4 members (excludes halogenated alkanes) is 1. The third kappa shape index (κ3) is 8.75. The number of rotatable bonds is 13. The molecule has 2 N–H and O–H groups in total. The molecule has 7 nitrogen and oxygen atoms in total. The van der Waals surface area contributed by atoms with E-state index in [1.54, 1.807) is 24.3 Å². The molecule has 46 heavy (non-hydrogen) atoms. The number of benzene rings is 2. The molecule has 250 valence electrons. The van der Waals surface area contributed by atoms with Crippen LogP contribution in [0.3, 0.4) is 0 Å². The van der Waals surface area contributed by atoms with Crippen LogP contribution in [0.1, 0.15) is 92.6 Å². The van der Waals surface area contributed by atoms with Gasteiger partial charge in [0.15, 0.2) is 0 Å². The van der Waals surface area contributed by atoms with Crippen LogP contribution < -0.4 is 14.4 Å². The van der Waals surface area contributed by atoms with E-state index in [1.807, 2.05) is 24.3 Å². The molecule has 0 spiro atoms. The summed E-state index contributed by atoms with van der Waals surface area (Å²) in [7, 11) is -3.86. The number of aliphatic hydroxyl groups is 1. The fourth-order valence-corrected chi connectivity index (χ4v) is 8.78. The van der Waals surface area contributed by atoms with E-state index in [9.17, 15) is 18.3 Å². The Hall–Kier alpha value is -2.81. The number of anilines is 1. The van der Waals surface area contributed by atoms with Crippen molar-refractivity contribution in [3.05, 3.63) is 82.9 Å². The Morgan fingerprint density at radius 3 is 2.67 bits per heavy atom. The van der Waals surface area contributed by atoms with Gasteiger partial charge in [-0.2, -0.15) is 0 Å². The fourth-order valence-electron chi connectivity index (χ4n) is 6.84. The van der Waals surface area contributed by atoms with Gasteiger partial charge in [-0.05, 0) is 123 Å². The van der Waals surface area contributed by atoms with Crippen molar-refractivity contribution in [3.8, 4) is 5.75 Å². The quantitative estimate of drug-likeness (QED) is 0.213. The van der Waals surface area contributed by atoms with Gasteiger partial charge < -0.3 is 14.7 Å². The summed E-state index contributed by atoms with van der Waals surface area (Å²) < 4.78 is 35.6. The lowest BCUT2D eigenvalue weighted by atomic mass is 9.70. The van der Waals surface area contributed by atoms with E-state index in [0.717, 1.165) is 75.6 Å². The number of aliphatic hydroxyl groups excluding tert-OH is 1. The number of hydrogen-bond acceptors (Lipinski definition) is 6. The smallest absolute Gasteiger partial charge is 0.264 e. The zero-order valence-electron chi connectivity index (χ0n) is 27.0. The van der Waals surface area contributed by atoms with Gasteiger partial charge in [0.2, 0.25) is 10.0 Å². The topological polar surface area (TPSA) is 95.9 Å². The lowest BCUT2D eigenvalue weighted by Gasteiger charge is -2.42. The van der Waals surface area contributed by atoms with Crippen molar-refractivity contribution in [2.24, 2.45) is 17.8 Å². The minimum absolute atomic E-state index is 0.0851. The van der Waals surface area contributed by atoms with E-state index in [1.165, 1.54) is 5.56 Å². The molecule has 9 heteroatoms.